The molecule has 0 aliphatic heterocycles. The van der Waals surface area contributed by atoms with Crippen LogP contribution in [-0.4, -0.2) is 6.61 Å². The SMILES string of the molecule is CCCOc1ccc(C(NN)c2ccc(I)cc2)cc1. The summed E-state index contributed by atoms with van der Waals surface area (Å²) in [6.07, 6.45) is 1.01. The summed E-state index contributed by atoms with van der Waals surface area (Å²) in [6.45, 7) is 2.84. The van der Waals surface area contributed by atoms with Crippen LogP contribution < -0.4 is 16.0 Å². The molecule has 0 aromatic heterocycles. The average molecular weight is 382 g/mol. The highest BCUT2D eigenvalue weighted by atomic mass is 127. The molecule has 0 saturated heterocycles. The minimum Gasteiger partial charge on any atom is -0.494 e. The summed E-state index contributed by atoms with van der Waals surface area (Å²) in [5.74, 6) is 6.61. The van der Waals surface area contributed by atoms with Gasteiger partial charge in [-0.15, -0.1) is 0 Å². The number of benzene rings is 2. The second-order valence-electron chi connectivity index (χ2n) is 4.57. The van der Waals surface area contributed by atoms with Crippen LogP contribution in [0.3, 0.4) is 0 Å². The first-order valence-corrected chi connectivity index (χ1v) is 7.77. The molecule has 0 bridgehead atoms. The van der Waals surface area contributed by atoms with Gasteiger partial charge in [-0.1, -0.05) is 31.2 Å². The smallest absolute Gasteiger partial charge is 0.119 e. The van der Waals surface area contributed by atoms with Gasteiger partial charge in [-0.2, -0.15) is 0 Å². The Hall–Kier alpha value is -1.11. The van der Waals surface area contributed by atoms with Crippen molar-refractivity contribution in [1.82, 2.24) is 5.43 Å². The van der Waals surface area contributed by atoms with Gasteiger partial charge in [0.25, 0.3) is 0 Å². The number of hydrogen-bond acceptors (Lipinski definition) is 3. The van der Waals surface area contributed by atoms with Crippen LogP contribution in [0.25, 0.3) is 0 Å². The van der Waals surface area contributed by atoms with E-state index in [0.29, 0.717) is 0 Å². The Morgan fingerprint density at radius 3 is 2.10 bits per heavy atom. The van der Waals surface area contributed by atoms with Crippen molar-refractivity contribution in [3.8, 4) is 5.75 Å². The Labute approximate surface area is 133 Å². The molecule has 1 atom stereocenters. The van der Waals surface area contributed by atoms with E-state index in [9.17, 15) is 0 Å². The third-order valence-corrected chi connectivity index (χ3v) is 3.78. The summed E-state index contributed by atoms with van der Waals surface area (Å²) < 4.78 is 6.81. The van der Waals surface area contributed by atoms with Crippen LogP contribution in [0.4, 0.5) is 0 Å². The highest BCUT2D eigenvalue weighted by Crippen LogP contribution is 2.24. The molecule has 0 aliphatic rings. The van der Waals surface area contributed by atoms with E-state index in [2.05, 4.69) is 59.2 Å². The van der Waals surface area contributed by atoms with Crippen LogP contribution >= 0.6 is 22.6 Å². The van der Waals surface area contributed by atoms with E-state index in [1.807, 2.05) is 24.3 Å². The standard InChI is InChI=1S/C16H19IN2O/c1-2-11-20-15-9-5-13(6-10-15)16(19-18)12-3-7-14(17)8-4-12/h3-10,16,19H,2,11,18H2,1H3. The maximum Gasteiger partial charge on any atom is 0.119 e. The van der Waals surface area contributed by atoms with Crippen LogP contribution in [0.5, 0.6) is 5.75 Å². The van der Waals surface area contributed by atoms with Gasteiger partial charge in [0.05, 0.1) is 12.6 Å². The van der Waals surface area contributed by atoms with E-state index in [1.54, 1.807) is 0 Å². The van der Waals surface area contributed by atoms with Gasteiger partial charge in [-0.25, -0.2) is 5.43 Å². The van der Waals surface area contributed by atoms with E-state index >= 15 is 0 Å². The predicted molar refractivity (Wildman–Crippen MR) is 90.6 cm³/mol. The molecule has 3 nitrogen and oxygen atoms in total. The van der Waals surface area contributed by atoms with Crippen LogP contribution in [0.2, 0.25) is 0 Å². The molecule has 0 spiro atoms. The Morgan fingerprint density at radius 2 is 1.60 bits per heavy atom. The molecule has 0 radical (unpaired) electrons. The number of halogens is 1. The molecule has 3 N–H and O–H groups in total. The third-order valence-electron chi connectivity index (χ3n) is 3.06. The number of nitrogens with one attached hydrogen (secondary N) is 1. The molecule has 2 rings (SSSR count). The fraction of sp³-hybridized carbons (Fsp3) is 0.250. The lowest BCUT2D eigenvalue weighted by Crippen LogP contribution is -2.28. The third kappa shape index (κ3) is 3.94. The first-order chi connectivity index (χ1) is 9.74. The molecule has 0 fully saturated rings. The summed E-state index contributed by atoms with van der Waals surface area (Å²) in [5.41, 5.74) is 5.14. The van der Waals surface area contributed by atoms with Crippen molar-refractivity contribution in [2.24, 2.45) is 5.84 Å². The molecule has 0 heterocycles. The minimum absolute atomic E-state index is 0.00720. The summed E-state index contributed by atoms with van der Waals surface area (Å²) in [4.78, 5) is 0. The predicted octanol–water partition coefficient (Wildman–Crippen LogP) is 3.63. The largest absolute Gasteiger partial charge is 0.494 e. The molecule has 0 aliphatic carbocycles. The highest BCUT2D eigenvalue weighted by molar-refractivity contribution is 14.1. The minimum atomic E-state index is -0.00720. The van der Waals surface area contributed by atoms with E-state index < -0.39 is 0 Å². The molecule has 106 valence electrons. The Balaban J connectivity index is 2.17. The van der Waals surface area contributed by atoms with Gasteiger partial charge in [0.15, 0.2) is 0 Å². The van der Waals surface area contributed by atoms with Crippen molar-refractivity contribution in [3.05, 3.63) is 63.2 Å². The molecule has 2 aromatic carbocycles. The zero-order chi connectivity index (χ0) is 14.4. The molecule has 2 aromatic rings. The van der Waals surface area contributed by atoms with Gasteiger partial charge in [-0.3, -0.25) is 5.84 Å². The first kappa shape index (κ1) is 15.3. The fourth-order valence-electron chi connectivity index (χ4n) is 2.02. The van der Waals surface area contributed by atoms with Crippen LogP contribution in [0, 0.1) is 3.57 Å². The second kappa shape index (κ2) is 7.61. The Bertz CT molecular complexity index is 525. The lowest BCUT2D eigenvalue weighted by Gasteiger charge is -2.17. The van der Waals surface area contributed by atoms with E-state index in [0.717, 1.165) is 29.9 Å². The first-order valence-electron chi connectivity index (χ1n) is 6.69. The van der Waals surface area contributed by atoms with E-state index in [4.69, 9.17) is 10.6 Å². The van der Waals surface area contributed by atoms with Crippen molar-refractivity contribution in [2.75, 3.05) is 6.61 Å². The average Bonchev–Trinajstić information content (AvgIpc) is 2.49. The number of hydrazine groups is 1. The molecule has 4 heteroatoms. The molecule has 0 amide bonds. The quantitative estimate of drug-likeness (QED) is 0.456. The van der Waals surface area contributed by atoms with Gasteiger partial charge in [0.1, 0.15) is 5.75 Å². The fourth-order valence-corrected chi connectivity index (χ4v) is 2.38. The van der Waals surface area contributed by atoms with Crippen LogP contribution in [-0.2, 0) is 0 Å². The second-order valence-corrected chi connectivity index (χ2v) is 5.81. The number of rotatable bonds is 6. The summed E-state index contributed by atoms with van der Waals surface area (Å²) >= 11 is 2.30. The van der Waals surface area contributed by atoms with Crippen molar-refractivity contribution >= 4 is 22.6 Å². The summed E-state index contributed by atoms with van der Waals surface area (Å²) in [5, 5.41) is 0. The summed E-state index contributed by atoms with van der Waals surface area (Å²) in [6, 6.07) is 16.4. The van der Waals surface area contributed by atoms with Gasteiger partial charge < -0.3 is 4.74 Å². The molecule has 0 saturated carbocycles. The maximum atomic E-state index is 5.71. The monoisotopic (exact) mass is 382 g/mol. The molecular formula is C16H19IN2O. The Kier molecular flexibility index (Phi) is 5.82. The summed E-state index contributed by atoms with van der Waals surface area (Å²) in [7, 11) is 0. The van der Waals surface area contributed by atoms with E-state index in [-0.39, 0.29) is 6.04 Å². The van der Waals surface area contributed by atoms with Gasteiger partial charge in [-0.05, 0) is 64.4 Å². The molecular weight excluding hydrogens is 363 g/mol. The number of nitrogens with two attached hydrogens (primary N) is 1. The lowest BCUT2D eigenvalue weighted by molar-refractivity contribution is 0.317. The Morgan fingerprint density at radius 1 is 1.05 bits per heavy atom. The van der Waals surface area contributed by atoms with Gasteiger partial charge >= 0.3 is 0 Å². The van der Waals surface area contributed by atoms with Crippen molar-refractivity contribution < 1.29 is 4.74 Å². The number of hydrogen-bond donors (Lipinski definition) is 2. The van der Waals surface area contributed by atoms with Crippen LogP contribution in [0.1, 0.15) is 30.5 Å². The normalized spacial score (nSPS) is 12.2. The number of ether oxygens (including phenoxy) is 1. The van der Waals surface area contributed by atoms with Gasteiger partial charge in [0.2, 0.25) is 0 Å². The van der Waals surface area contributed by atoms with Crippen molar-refractivity contribution in [1.29, 1.82) is 0 Å². The molecule has 20 heavy (non-hydrogen) atoms. The molecule has 1 unspecified atom stereocenters. The highest BCUT2D eigenvalue weighted by Gasteiger charge is 2.12. The van der Waals surface area contributed by atoms with Crippen molar-refractivity contribution in [3.63, 3.8) is 0 Å². The van der Waals surface area contributed by atoms with Crippen LogP contribution in [0.15, 0.2) is 48.5 Å². The van der Waals surface area contributed by atoms with Crippen molar-refractivity contribution in [2.45, 2.75) is 19.4 Å². The maximum absolute atomic E-state index is 5.71. The lowest BCUT2D eigenvalue weighted by atomic mass is 9.99. The van der Waals surface area contributed by atoms with Gasteiger partial charge in [0, 0.05) is 3.57 Å². The zero-order valence-electron chi connectivity index (χ0n) is 11.5. The zero-order valence-corrected chi connectivity index (χ0v) is 13.6. The topological polar surface area (TPSA) is 47.3 Å². The van der Waals surface area contributed by atoms with E-state index in [1.165, 1.54) is 3.57 Å².